The minimum atomic E-state index is -0.0509. The Labute approximate surface area is 154 Å². The zero-order chi connectivity index (χ0) is 18.7. The molecule has 0 saturated carbocycles. The molecule has 0 atom stereocenters. The van der Waals surface area contributed by atoms with Gasteiger partial charge in [-0.1, -0.05) is 18.2 Å². The number of hydrogen-bond acceptors (Lipinski definition) is 3. The Morgan fingerprint density at radius 3 is 2.42 bits per heavy atom. The molecule has 1 aliphatic heterocycles. The number of para-hydroxylation sites is 1. The number of carbonyl (C=O) groups is 2. The quantitative estimate of drug-likeness (QED) is 0.919. The van der Waals surface area contributed by atoms with Gasteiger partial charge in [-0.25, -0.2) is 4.79 Å². The Morgan fingerprint density at radius 2 is 1.73 bits per heavy atom. The van der Waals surface area contributed by atoms with Gasteiger partial charge in [-0.05, 0) is 38.0 Å². The summed E-state index contributed by atoms with van der Waals surface area (Å²) in [6.07, 6.45) is 0.358. The van der Waals surface area contributed by atoms with E-state index in [9.17, 15) is 9.59 Å². The van der Waals surface area contributed by atoms with Gasteiger partial charge in [-0.15, -0.1) is 0 Å². The van der Waals surface area contributed by atoms with E-state index in [1.54, 1.807) is 4.90 Å². The molecule has 0 spiro atoms. The summed E-state index contributed by atoms with van der Waals surface area (Å²) in [6, 6.07) is 7.98. The SMILES string of the molecule is CCNC(=O)N1CCN(C(=O)Cc2c(C)nc3ccccc3c2C)CC1. The molecule has 1 N–H and O–H groups in total. The lowest BCUT2D eigenvalue weighted by Gasteiger charge is -2.35. The zero-order valence-corrected chi connectivity index (χ0v) is 15.7. The summed E-state index contributed by atoms with van der Waals surface area (Å²) in [6.45, 7) is 8.86. The molecule has 1 saturated heterocycles. The number of aryl methyl sites for hydroxylation is 2. The van der Waals surface area contributed by atoms with Crippen molar-refractivity contribution >= 4 is 22.8 Å². The number of carbonyl (C=O) groups excluding carboxylic acids is 2. The van der Waals surface area contributed by atoms with Gasteiger partial charge < -0.3 is 15.1 Å². The summed E-state index contributed by atoms with van der Waals surface area (Å²) in [5.41, 5.74) is 4.02. The predicted molar refractivity (Wildman–Crippen MR) is 102 cm³/mol. The maximum Gasteiger partial charge on any atom is 0.317 e. The largest absolute Gasteiger partial charge is 0.339 e. The van der Waals surface area contributed by atoms with E-state index < -0.39 is 0 Å². The van der Waals surface area contributed by atoms with E-state index in [1.807, 2.05) is 36.9 Å². The van der Waals surface area contributed by atoms with Gasteiger partial charge >= 0.3 is 6.03 Å². The molecular formula is C20H26N4O2. The third kappa shape index (κ3) is 3.64. The van der Waals surface area contributed by atoms with Crippen LogP contribution in [-0.2, 0) is 11.2 Å². The van der Waals surface area contributed by atoms with Crippen molar-refractivity contribution in [2.45, 2.75) is 27.2 Å². The molecule has 3 amide bonds. The highest BCUT2D eigenvalue weighted by molar-refractivity contribution is 5.86. The number of rotatable bonds is 3. The van der Waals surface area contributed by atoms with Crippen LogP contribution in [0.5, 0.6) is 0 Å². The number of aromatic nitrogens is 1. The van der Waals surface area contributed by atoms with E-state index in [2.05, 4.69) is 23.3 Å². The van der Waals surface area contributed by atoms with Gasteiger partial charge in [0.25, 0.3) is 0 Å². The Morgan fingerprint density at radius 1 is 1.08 bits per heavy atom. The van der Waals surface area contributed by atoms with E-state index in [-0.39, 0.29) is 11.9 Å². The Bertz CT molecular complexity index is 826. The number of benzene rings is 1. The maximum absolute atomic E-state index is 12.8. The standard InChI is InChI=1S/C20H26N4O2/c1-4-21-20(26)24-11-9-23(10-12-24)19(25)13-17-14(2)16-7-5-6-8-18(16)22-15(17)3/h5-8H,4,9-13H2,1-3H3,(H,21,26). The van der Waals surface area contributed by atoms with Crippen molar-refractivity contribution in [3.05, 3.63) is 41.1 Å². The molecule has 0 unspecified atom stereocenters. The van der Waals surface area contributed by atoms with E-state index in [0.29, 0.717) is 39.1 Å². The van der Waals surface area contributed by atoms with Gasteiger partial charge in [0.05, 0.1) is 11.9 Å². The molecular weight excluding hydrogens is 328 g/mol. The van der Waals surface area contributed by atoms with Crippen LogP contribution in [0.15, 0.2) is 24.3 Å². The van der Waals surface area contributed by atoms with E-state index in [4.69, 9.17) is 0 Å². The molecule has 1 fully saturated rings. The Kier molecular flexibility index (Phi) is 5.40. The molecule has 0 radical (unpaired) electrons. The first-order valence-corrected chi connectivity index (χ1v) is 9.16. The second kappa shape index (κ2) is 7.72. The summed E-state index contributed by atoms with van der Waals surface area (Å²) in [7, 11) is 0. The summed E-state index contributed by atoms with van der Waals surface area (Å²) in [4.78, 5) is 32.9. The lowest BCUT2D eigenvalue weighted by molar-refractivity contribution is -0.131. The van der Waals surface area contributed by atoms with Crippen molar-refractivity contribution in [2.75, 3.05) is 32.7 Å². The monoisotopic (exact) mass is 354 g/mol. The number of amides is 3. The second-order valence-electron chi connectivity index (χ2n) is 6.70. The van der Waals surface area contributed by atoms with Gasteiger partial charge in [0.1, 0.15) is 0 Å². The average Bonchev–Trinajstić information content (AvgIpc) is 2.65. The molecule has 138 valence electrons. The summed E-state index contributed by atoms with van der Waals surface area (Å²) in [5.74, 6) is 0.101. The first-order valence-electron chi connectivity index (χ1n) is 9.16. The molecule has 26 heavy (non-hydrogen) atoms. The summed E-state index contributed by atoms with van der Waals surface area (Å²) in [5, 5.41) is 3.91. The fourth-order valence-corrected chi connectivity index (χ4v) is 3.52. The van der Waals surface area contributed by atoms with Gasteiger partial charge in [-0.2, -0.15) is 0 Å². The Hall–Kier alpha value is -2.63. The van der Waals surface area contributed by atoms with Crippen LogP contribution in [0.1, 0.15) is 23.7 Å². The lowest BCUT2D eigenvalue weighted by Crippen LogP contribution is -2.53. The van der Waals surface area contributed by atoms with Crippen LogP contribution in [-0.4, -0.2) is 59.4 Å². The molecule has 6 heteroatoms. The van der Waals surface area contributed by atoms with Crippen molar-refractivity contribution in [3.63, 3.8) is 0 Å². The van der Waals surface area contributed by atoms with Crippen molar-refractivity contribution in [3.8, 4) is 0 Å². The fraction of sp³-hybridized carbons (Fsp3) is 0.450. The fourth-order valence-electron chi connectivity index (χ4n) is 3.52. The highest BCUT2D eigenvalue weighted by atomic mass is 16.2. The number of hydrogen-bond donors (Lipinski definition) is 1. The molecule has 0 aliphatic carbocycles. The van der Waals surface area contributed by atoms with E-state index in [1.165, 1.54) is 0 Å². The smallest absolute Gasteiger partial charge is 0.317 e. The molecule has 6 nitrogen and oxygen atoms in total. The molecule has 3 rings (SSSR count). The van der Waals surface area contributed by atoms with Crippen molar-refractivity contribution in [1.29, 1.82) is 0 Å². The normalized spacial score (nSPS) is 14.6. The van der Waals surface area contributed by atoms with Crippen LogP contribution in [0.25, 0.3) is 10.9 Å². The first kappa shape index (κ1) is 18.2. The van der Waals surface area contributed by atoms with Crippen LogP contribution < -0.4 is 5.32 Å². The third-order valence-electron chi connectivity index (χ3n) is 5.06. The minimum absolute atomic E-state index is 0.0509. The van der Waals surface area contributed by atoms with Crippen molar-refractivity contribution < 1.29 is 9.59 Å². The van der Waals surface area contributed by atoms with E-state index in [0.717, 1.165) is 27.7 Å². The van der Waals surface area contributed by atoms with Crippen molar-refractivity contribution in [1.82, 2.24) is 20.1 Å². The number of urea groups is 1. The van der Waals surface area contributed by atoms with Crippen LogP contribution in [0, 0.1) is 13.8 Å². The van der Waals surface area contributed by atoms with Crippen LogP contribution in [0.3, 0.4) is 0 Å². The third-order valence-corrected chi connectivity index (χ3v) is 5.06. The van der Waals surface area contributed by atoms with Crippen LogP contribution >= 0.6 is 0 Å². The number of nitrogens with zero attached hydrogens (tertiary/aromatic N) is 3. The van der Waals surface area contributed by atoms with Gasteiger partial charge in [-0.3, -0.25) is 9.78 Å². The molecule has 1 aromatic heterocycles. The van der Waals surface area contributed by atoms with Crippen LogP contribution in [0.4, 0.5) is 4.79 Å². The summed E-state index contributed by atoms with van der Waals surface area (Å²) >= 11 is 0. The molecule has 1 aliphatic rings. The van der Waals surface area contributed by atoms with E-state index >= 15 is 0 Å². The molecule has 1 aromatic carbocycles. The van der Waals surface area contributed by atoms with Gasteiger partial charge in [0, 0.05) is 43.8 Å². The number of pyridine rings is 1. The lowest BCUT2D eigenvalue weighted by atomic mass is 9.99. The molecule has 0 bridgehead atoms. The van der Waals surface area contributed by atoms with Gasteiger partial charge in [0.2, 0.25) is 5.91 Å². The highest BCUT2D eigenvalue weighted by Gasteiger charge is 2.24. The predicted octanol–water partition coefficient (Wildman–Crippen LogP) is 2.27. The van der Waals surface area contributed by atoms with Crippen LogP contribution in [0.2, 0.25) is 0 Å². The minimum Gasteiger partial charge on any atom is -0.339 e. The zero-order valence-electron chi connectivity index (χ0n) is 15.7. The highest BCUT2D eigenvalue weighted by Crippen LogP contribution is 2.23. The molecule has 2 heterocycles. The molecule has 2 aromatic rings. The second-order valence-corrected chi connectivity index (χ2v) is 6.70. The maximum atomic E-state index is 12.8. The van der Waals surface area contributed by atoms with Crippen molar-refractivity contribution in [2.24, 2.45) is 0 Å². The average molecular weight is 354 g/mol. The number of nitrogens with one attached hydrogen (secondary N) is 1. The van der Waals surface area contributed by atoms with Gasteiger partial charge in [0.15, 0.2) is 0 Å². The number of piperazine rings is 1. The summed E-state index contributed by atoms with van der Waals surface area (Å²) < 4.78 is 0. The topological polar surface area (TPSA) is 65.5 Å². The number of fused-ring (bicyclic) bond motifs is 1. The Balaban J connectivity index is 1.69. The first-order chi connectivity index (χ1) is 12.5.